The van der Waals surface area contributed by atoms with Crippen LogP contribution in [0.3, 0.4) is 0 Å². The van der Waals surface area contributed by atoms with Crippen LogP contribution in [-0.4, -0.2) is 16.2 Å². The lowest BCUT2D eigenvalue weighted by atomic mass is 10.0. The molecule has 1 aliphatic carbocycles. The van der Waals surface area contributed by atoms with Gasteiger partial charge in [-0.3, -0.25) is 0 Å². The van der Waals surface area contributed by atoms with E-state index in [-0.39, 0.29) is 0 Å². The summed E-state index contributed by atoms with van der Waals surface area (Å²) in [7, 11) is 0. The van der Waals surface area contributed by atoms with Crippen molar-refractivity contribution in [2.75, 3.05) is 0 Å². The predicted octanol–water partition coefficient (Wildman–Crippen LogP) is 2.86. The Kier molecular flexibility index (Phi) is 4.23. The molecule has 0 saturated heterocycles. The molecule has 4 nitrogen and oxygen atoms in total. The smallest absolute Gasteiger partial charge is 0.240 e. The van der Waals surface area contributed by atoms with E-state index in [2.05, 4.69) is 39.7 Å². The normalized spacial score (nSPS) is 18.3. The van der Waals surface area contributed by atoms with Crippen molar-refractivity contribution in [3.63, 3.8) is 0 Å². The Bertz CT molecular complexity index is 562. The Hall–Kier alpha value is -1.94. The molecule has 20 heavy (non-hydrogen) atoms. The highest BCUT2D eigenvalue weighted by atomic mass is 16.5. The maximum absolute atomic E-state index is 5.29. The predicted molar refractivity (Wildman–Crippen MR) is 77.2 cm³/mol. The van der Waals surface area contributed by atoms with Gasteiger partial charge in [0.1, 0.15) is 0 Å². The van der Waals surface area contributed by atoms with E-state index in [1.54, 1.807) is 0 Å². The summed E-state index contributed by atoms with van der Waals surface area (Å²) in [6, 6.07) is 10.7. The van der Waals surface area contributed by atoms with Gasteiger partial charge in [-0.25, -0.2) is 0 Å². The fraction of sp³-hybridized carbons (Fsp3) is 0.375. The molecule has 0 bridgehead atoms. The number of rotatable bonds is 5. The number of benzene rings is 1. The van der Waals surface area contributed by atoms with Crippen LogP contribution in [0.4, 0.5) is 0 Å². The summed E-state index contributed by atoms with van der Waals surface area (Å²) in [5.74, 6) is 1.42. The van der Waals surface area contributed by atoms with E-state index >= 15 is 0 Å². The molecule has 3 rings (SSSR count). The Labute approximate surface area is 118 Å². The Morgan fingerprint density at radius 1 is 1.20 bits per heavy atom. The van der Waals surface area contributed by atoms with Gasteiger partial charge in [0.2, 0.25) is 5.89 Å². The van der Waals surface area contributed by atoms with Crippen LogP contribution in [0, 0.1) is 0 Å². The number of nitrogens with one attached hydrogen (secondary N) is 1. The van der Waals surface area contributed by atoms with E-state index < -0.39 is 0 Å². The van der Waals surface area contributed by atoms with Crippen molar-refractivity contribution in [3.05, 3.63) is 59.8 Å². The lowest BCUT2D eigenvalue weighted by molar-refractivity contribution is 0.348. The summed E-state index contributed by atoms with van der Waals surface area (Å²) < 4.78 is 5.29. The average molecular weight is 269 g/mol. The summed E-state index contributed by atoms with van der Waals surface area (Å²) >= 11 is 0. The number of allylic oxidation sites excluding steroid dienone is 1. The minimum Gasteiger partial charge on any atom is -0.338 e. The number of nitrogens with zero attached hydrogens (tertiary/aromatic N) is 2. The van der Waals surface area contributed by atoms with Gasteiger partial charge in [0.05, 0.1) is 6.54 Å². The van der Waals surface area contributed by atoms with Gasteiger partial charge >= 0.3 is 0 Å². The Balaban J connectivity index is 1.53. The fourth-order valence-electron chi connectivity index (χ4n) is 2.42. The zero-order valence-electron chi connectivity index (χ0n) is 11.5. The second kappa shape index (κ2) is 6.48. The maximum Gasteiger partial charge on any atom is 0.240 e. The number of aromatic nitrogens is 2. The molecule has 0 saturated carbocycles. The van der Waals surface area contributed by atoms with Crippen LogP contribution in [0.5, 0.6) is 0 Å². The standard InChI is InChI=1S/C16H19N3O/c1-3-7-13(8-4-1)11-15-18-16(20-19-15)12-17-14-9-5-2-6-10-14/h1-5,7-8,14,17H,6,9-12H2. The largest absolute Gasteiger partial charge is 0.338 e. The topological polar surface area (TPSA) is 51.0 Å². The molecule has 2 aromatic rings. The lowest BCUT2D eigenvalue weighted by Crippen LogP contribution is -2.29. The van der Waals surface area contributed by atoms with Gasteiger partial charge in [-0.2, -0.15) is 4.98 Å². The molecule has 0 amide bonds. The molecule has 4 heteroatoms. The SMILES string of the molecule is C1=CCC(NCc2nc(Cc3ccccc3)no2)CC1. The quantitative estimate of drug-likeness (QED) is 0.848. The van der Waals surface area contributed by atoms with Gasteiger partial charge < -0.3 is 9.84 Å². The molecule has 0 radical (unpaired) electrons. The monoisotopic (exact) mass is 269 g/mol. The summed E-state index contributed by atoms with van der Waals surface area (Å²) in [4.78, 5) is 4.43. The molecule has 1 N–H and O–H groups in total. The van der Waals surface area contributed by atoms with Crippen LogP contribution in [0.2, 0.25) is 0 Å². The molecule has 1 aliphatic rings. The zero-order chi connectivity index (χ0) is 13.6. The van der Waals surface area contributed by atoms with E-state index in [9.17, 15) is 0 Å². The molecule has 0 fully saturated rings. The van der Waals surface area contributed by atoms with Gasteiger partial charge in [0.15, 0.2) is 5.82 Å². The van der Waals surface area contributed by atoms with Crippen LogP contribution >= 0.6 is 0 Å². The lowest BCUT2D eigenvalue weighted by Gasteiger charge is -2.17. The fourth-order valence-corrected chi connectivity index (χ4v) is 2.42. The molecular formula is C16H19N3O. The van der Waals surface area contributed by atoms with E-state index in [0.717, 1.165) is 25.1 Å². The van der Waals surface area contributed by atoms with Crippen molar-refractivity contribution >= 4 is 0 Å². The molecule has 1 aromatic carbocycles. The summed E-state index contributed by atoms with van der Waals surface area (Å²) in [5.41, 5.74) is 1.20. The molecule has 1 unspecified atom stereocenters. The molecule has 104 valence electrons. The maximum atomic E-state index is 5.29. The first-order chi connectivity index (χ1) is 9.90. The van der Waals surface area contributed by atoms with E-state index in [1.165, 1.54) is 12.0 Å². The summed E-state index contributed by atoms with van der Waals surface area (Å²) in [6.07, 6.45) is 8.61. The summed E-state index contributed by atoms with van der Waals surface area (Å²) in [6.45, 7) is 0.653. The number of hydrogen-bond donors (Lipinski definition) is 1. The van der Waals surface area contributed by atoms with Crippen molar-refractivity contribution in [1.29, 1.82) is 0 Å². The first-order valence-electron chi connectivity index (χ1n) is 7.14. The van der Waals surface area contributed by atoms with Crippen molar-refractivity contribution in [2.45, 2.75) is 38.3 Å². The van der Waals surface area contributed by atoms with E-state index in [4.69, 9.17) is 4.52 Å². The second-order valence-electron chi connectivity index (χ2n) is 5.13. The average Bonchev–Trinajstić information content (AvgIpc) is 2.95. The molecule has 1 atom stereocenters. The third-order valence-corrected chi connectivity index (χ3v) is 3.53. The van der Waals surface area contributed by atoms with Gasteiger partial charge in [0.25, 0.3) is 0 Å². The minimum absolute atomic E-state index is 0.532. The highest BCUT2D eigenvalue weighted by molar-refractivity contribution is 5.18. The van der Waals surface area contributed by atoms with Crippen molar-refractivity contribution in [2.24, 2.45) is 0 Å². The first-order valence-corrected chi connectivity index (χ1v) is 7.14. The Morgan fingerprint density at radius 3 is 2.90 bits per heavy atom. The zero-order valence-corrected chi connectivity index (χ0v) is 11.5. The number of hydrogen-bond acceptors (Lipinski definition) is 4. The highest BCUT2D eigenvalue weighted by Crippen LogP contribution is 2.11. The van der Waals surface area contributed by atoms with Crippen LogP contribution in [0.25, 0.3) is 0 Å². The van der Waals surface area contributed by atoms with Gasteiger partial charge in [0, 0.05) is 12.5 Å². The van der Waals surface area contributed by atoms with Gasteiger partial charge in [-0.15, -0.1) is 0 Å². The Morgan fingerprint density at radius 2 is 2.10 bits per heavy atom. The first kappa shape index (κ1) is 13.1. The van der Waals surface area contributed by atoms with E-state index in [0.29, 0.717) is 18.5 Å². The highest BCUT2D eigenvalue weighted by Gasteiger charge is 2.12. The van der Waals surface area contributed by atoms with Crippen LogP contribution in [-0.2, 0) is 13.0 Å². The second-order valence-corrected chi connectivity index (χ2v) is 5.13. The van der Waals surface area contributed by atoms with E-state index in [1.807, 2.05) is 18.2 Å². The third-order valence-electron chi connectivity index (χ3n) is 3.53. The van der Waals surface area contributed by atoms with Crippen molar-refractivity contribution in [1.82, 2.24) is 15.5 Å². The summed E-state index contributed by atoms with van der Waals surface area (Å²) in [5, 5.41) is 7.50. The van der Waals surface area contributed by atoms with Crippen molar-refractivity contribution in [3.8, 4) is 0 Å². The molecule has 0 spiro atoms. The minimum atomic E-state index is 0.532. The molecule has 1 aromatic heterocycles. The van der Waals surface area contributed by atoms with Crippen LogP contribution in [0.15, 0.2) is 47.0 Å². The van der Waals surface area contributed by atoms with Gasteiger partial charge in [-0.05, 0) is 24.8 Å². The third kappa shape index (κ3) is 3.54. The van der Waals surface area contributed by atoms with Crippen LogP contribution < -0.4 is 5.32 Å². The van der Waals surface area contributed by atoms with Gasteiger partial charge in [-0.1, -0.05) is 47.6 Å². The van der Waals surface area contributed by atoms with Crippen molar-refractivity contribution < 1.29 is 4.52 Å². The molecule has 1 heterocycles. The molecular weight excluding hydrogens is 250 g/mol. The van der Waals surface area contributed by atoms with Crippen LogP contribution in [0.1, 0.15) is 36.5 Å². The molecule has 0 aliphatic heterocycles.